The second-order valence-electron chi connectivity index (χ2n) is 4.43. The molecule has 0 unspecified atom stereocenters. The van der Waals surface area contributed by atoms with Gasteiger partial charge < -0.3 is 4.57 Å². The Morgan fingerprint density at radius 3 is 2.88 bits per heavy atom. The average molecular weight is 212 g/mol. The monoisotopic (exact) mass is 212 g/mol. The number of isocyanates is 1. The van der Waals surface area contributed by atoms with E-state index in [1.807, 2.05) is 13.2 Å². The van der Waals surface area contributed by atoms with Crippen molar-refractivity contribution in [1.82, 2.24) is 4.57 Å². The van der Waals surface area contributed by atoms with Crippen molar-refractivity contribution in [3.8, 4) is 0 Å². The Kier molecular flexibility index (Phi) is 1.79. The molecule has 1 aliphatic rings. The summed E-state index contributed by atoms with van der Waals surface area (Å²) in [6.07, 6.45) is 5.65. The number of aryl methyl sites for hydroxylation is 1. The van der Waals surface area contributed by atoms with Gasteiger partial charge >= 0.3 is 0 Å². The van der Waals surface area contributed by atoms with Crippen molar-refractivity contribution >= 4 is 17.0 Å². The summed E-state index contributed by atoms with van der Waals surface area (Å²) in [6.45, 7) is 0. The van der Waals surface area contributed by atoms with E-state index in [9.17, 15) is 4.79 Å². The molecule has 2 aromatic rings. The van der Waals surface area contributed by atoms with E-state index >= 15 is 0 Å². The van der Waals surface area contributed by atoms with Crippen LogP contribution in [0.3, 0.4) is 0 Å². The maximum Gasteiger partial charge on any atom is 0.235 e. The lowest BCUT2D eigenvalue weighted by Crippen LogP contribution is -2.01. The summed E-state index contributed by atoms with van der Waals surface area (Å²) >= 11 is 0. The molecule has 1 aromatic heterocycles. The summed E-state index contributed by atoms with van der Waals surface area (Å²) < 4.78 is 2.08. The minimum atomic E-state index is -0.258. The van der Waals surface area contributed by atoms with Gasteiger partial charge in [-0.05, 0) is 42.0 Å². The minimum absolute atomic E-state index is 0.258. The first kappa shape index (κ1) is 9.37. The van der Waals surface area contributed by atoms with Crippen molar-refractivity contribution in [2.75, 3.05) is 0 Å². The van der Waals surface area contributed by atoms with Crippen molar-refractivity contribution < 1.29 is 4.79 Å². The number of nitrogens with zero attached hydrogens (tertiary/aromatic N) is 2. The molecular formula is C13H12N2O. The van der Waals surface area contributed by atoms with Gasteiger partial charge in [-0.1, -0.05) is 6.07 Å². The lowest BCUT2D eigenvalue weighted by Gasteiger charge is -2.08. The topological polar surface area (TPSA) is 34.4 Å². The predicted octanol–water partition coefficient (Wildman–Crippen LogP) is 2.50. The van der Waals surface area contributed by atoms with E-state index in [0.29, 0.717) is 0 Å². The van der Waals surface area contributed by atoms with Gasteiger partial charge in [0.2, 0.25) is 6.08 Å². The zero-order chi connectivity index (χ0) is 11.2. The van der Waals surface area contributed by atoms with Gasteiger partial charge in [-0.2, -0.15) is 4.99 Å². The van der Waals surface area contributed by atoms with Gasteiger partial charge in [-0.15, -0.1) is 0 Å². The zero-order valence-electron chi connectivity index (χ0n) is 9.10. The number of carbonyl (C=O) groups excluding carboxylic acids is 1. The summed E-state index contributed by atoms with van der Waals surface area (Å²) in [4.78, 5) is 14.3. The lowest BCUT2D eigenvalue weighted by atomic mass is 10.0. The molecule has 3 nitrogen and oxygen atoms in total. The third-order valence-electron chi connectivity index (χ3n) is 3.41. The van der Waals surface area contributed by atoms with Crippen LogP contribution in [0.15, 0.2) is 35.5 Å². The van der Waals surface area contributed by atoms with E-state index in [0.717, 1.165) is 18.4 Å². The minimum Gasteiger partial charge on any atom is -0.351 e. The highest BCUT2D eigenvalue weighted by molar-refractivity contribution is 5.81. The summed E-state index contributed by atoms with van der Waals surface area (Å²) in [7, 11) is 2.03. The van der Waals surface area contributed by atoms with E-state index in [-0.39, 0.29) is 5.54 Å². The molecule has 0 saturated heterocycles. The van der Waals surface area contributed by atoms with Gasteiger partial charge in [0.05, 0.1) is 5.54 Å². The lowest BCUT2D eigenvalue weighted by molar-refractivity contribution is 0.556. The van der Waals surface area contributed by atoms with Crippen molar-refractivity contribution in [3.05, 3.63) is 36.0 Å². The van der Waals surface area contributed by atoms with Gasteiger partial charge in [0.1, 0.15) is 0 Å². The van der Waals surface area contributed by atoms with Crippen LogP contribution in [0.5, 0.6) is 0 Å². The predicted molar refractivity (Wildman–Crippen MR) is 62.0 cm³/mol. The number of aliphatic imine (C=N–C) groups is 1. The summed E-state index contributed by atoms with van der Waals surface area (Å²) in [5.41, 5.74) is 2.08. The fourth-order valence-electron chi connectivity index (χ4n) is 2.24. The zero-order valence-corrected chi connectivity index (χ0v) is 9.10. The smallest absolute Gasteiger partial charge is 0.235 e. The Hall–Kier alpha value is -1.86. The standard InChI is InChI=1S/C13H12N2O/c1-15-7-4-10-8-11(2-3-12(10)15)13(5-6-13)14-9-16/h2-4,7-8H,5-6H2,1H3. The van der Waals surface area contributed by atoms with Crippen LogP contribution in [0.1, 0.15) is 18.4 Å². The second kappa shape index (κ2) is 3.06. The van der Waals surface area contributed by atoms with E-state index in [1.165, 1.54) is 10.9 Å². The molecular weight excluding hydrogens is 200 g/mol. The third kappa shape index (κ3) is 1.22. The van der Waals surface area contributed by atoms with Crippen LogP contribution >= 0.6 is 0 Å². The molecule has 0 amide bonds. The summed E-state index contributed by atoms with van der Waals surface area (Å²) in [6, 6.07) is 8.37. The molecule has 0 spiro atoms. The van der Waals surface area contributed by atoms with Gasteiger partial charge in [-0.25, -0.2) is 4.79 Å². The Morgan fingerprint density at radius 1 is 1.38 bits per heavy atom. The molecule has 0 aliphatic heterocycles. The maximum absolute atomic E-state index is 10.4. The van der Waals surface area contributed by atoms with E-state index < -0.39 is 0 Å². The summed E-state index contributed by atoms with van der Waals surface area (Å²) in [5.74, 6) is 0. The van der Waals surface area contributed by atoms with Crippen molar-refractivity contribution in [2.45, 2.75) is 18.4 Å². The number of fused-ring (bicyclic) bond motifs is 1. The average Bonchev–Trinajstić information content (AvgIpc) is 2.99. The molecule has 0 radical (unpaired) electrons. The molecule has 1 aliphatic carbocycles. The fourth-order valence-corrected chi connectivity index (χ4v) is 2.24. The molecule has 16 heavy (non-hydrogen) atoms. The third-order valence-corrected chi connectivity index (χ3v) is 3.41. The highest BCUT2D eigenvalue weighted by atomic mass is 16.1. The number of hydrogen-bond acceptors (Lipinski definition) is 2. The Labute approximate surface area is 93.4 Å². The first-order valence-electron chi connectivity index (χ1n) is 5.40. The van der Waals surface area contributed by atoms with Crippen LogP contribution in [0.2, 0.25) is 0 Å². The van der Waals surface area contributed by atoms with E-state index in [4.69, 9.17) is 0 Å². The molecule has 3 rings (SSSR count). The second-order valence-corrected chi connectivity index (χ2v) is 4.43. The van der Waals surface area contributed by atoms with Gasteiger partial charge in [0.15, 0.2) is 0 Å². The number of hydrogen-bond donors (Lipinski definition) is 0. The maximum atomic E-state index is 10.4. The van der Waals surface area contributed by atoms with Crippen molar-refractivity contribution in [1.29, 1.82) is 0 Å². The molecule has 1 fully saturated rings. The van der Waals surface area contributed by atoms with Crippen LogP contribution in [-0.4, -0.2) is 10.6 Å². The van der Waals surface area contributed by atoms with Crippen LogP contribution in [-0.2, 0) is 17.4 Å². The molecule has 1 heterocycles. The highest BCUT2D eigenvalue weighted by Crippen LogP contribution is 2.49. The molecule has 1 saturated carbocycles. The number of aromatic nitrogens is 1. The first-order valence-corrected chi connectivity index (χ1v) is 5.40. The van der Waals surface area contributed by atoms with E-state index in [1.54, 1.807) is 6.08 Å². The van der Waals surface area contributed by atoms with E-state index in [2.05, 4.69) is 33.8 Å². The van der Waals surface area contributed by atoms with Crippen molar-refractivity contribution in [3.63, 3.8) is 0 Å². The largest absolute Gasteiger partial charge is 0.351 e. The molecule has 0 atom stereocenters. The number of rotatable bonds is 2. The SMILES string of the molecule is Cn1ccc2cc(C3(N=C=O)CC3)ccc21. The highest BCUT2D eigenvalue weighted by Gasteiger charge is 2.44. The van der Waals surface area contributed by atoms with Gasteiger partial charge in [0.25, 0.3) is 0 Å². The normalized spacial score (nSPS) is 17.1. The van der Waals surface area contributed by atoms with Crippen LogP contribution in [0.4, 0.5) is 0 Å². The fraction of sp³-hybridized carbons (Fsp3) is 0.308. The van der Waals surface area contributed by atoms with Gasteiger partial charge in [0, 0.05) is 18.8 Å². The Bertz CT molecular complexity index is 601. The summed E-state index contributed by atoms with van der Waals surface area (Å²) in [5, 5.41) is 1.20. The molecule has 3 heteroatoms. The molecule has 1 aromatic carbocycles. The molecule has 80 valence electrons. The number of benzene rings is 1. The van der Waals surface area contributed by atoms with Crippen molar-refractivity contribution in [2.24, 2.45) is 12.0 Å². The Morgan fingerprint density at radius 2 is 2.19 bits per heavy atom. The first-order chi connectivity index (χ1) is 7.75. The van der Waals surface area contributed by atoms with Crippen LogP contribution in [0, 0.1) is 0 Å². The van der Waals surface area contributed by atoms with Crippen LogP contribution in [0.25, 0.3) is 10.9 Å². The quantitative estimate of drug-likeness (QED) is 0.556. The Balaban J connectivity index is 2.16. The van der Waals surface area contributed by atoms with Crippen LogP contribution < -0.4 is 0 Å². The van der Waals surface area contributed by atoms with Gasteiger partial charge in [-0.3, -0.25) is 0 Å². The molecule has 0 N–H and O–H groups in total. The molecule has 0 bridgehead atoms.